The summed E-state index contributed by atoms with van der Waals surface area (Å²) in [6, 6.07) is 17.6. The third kappa shape index (κ3) is 5.86. The molecule has 1 N–H and O–H groups in total. The van der Waals surface area contributed by atoms with Gasteiger partial charge in [0, 0.05) is 18.0 Å². The number of nitrogens with zero attached hydrogens (tertiary/aromatic N) is 4. The Labute approximate surface area is 233 Å². The van der Waals surface area contributed by atoms with Crippen LogP contribution >= 0.6 is 0 Å². The molecule has 41 heavy (non-hydrogen) atoms. The van der Waals surface area contributed by atoms with Gasteiger partial charge < -0.3 is 14.6 Å². The van der Waals surface area contributed by atoms with Gasteiger partial charge in [-0.15, -0.1) is 13.2 Å². The van der Waals surface area contributed by atoms with Crippen LogP contribution in [0, 0.1) is 12.7 Å². The zero-order valence-corrected chi connectivity index (χ0v) is 22.3. The molecule has 2 aromatic carbocycles. The Bertz CT molecular complexity index is 1740. The molecule has 0 unspecified atom stereocenters. The van der Waals surface area contributed by atoms with E-state index in [0.29, 0.717) is 28.1 Å². The van der Waals surface area contributed by atoms with E-state index in [4.69, 9.17) is 9.98 Å². The highest BCUT2D eigenvalue weighted by Crippen LogP contribution is 2.33. The van der Waals surface area contributed by atoms with Gasteiger partial charge in [0.25, 0.3) is 0 Å². The predicted octanol–water partition coefficient (Wildman–Crippen LogP) is 7.85. The zero-order valence-electron chi connectivity index (χ0n) is 22.3. The van der Waals surface area contributed by atoms with Crippen molar-refractivity contribution < 1.29 is 22.3 Å². The monoisotopic (exact) mass is 561 g/mol. The van der Waals surface area contributed by atoms with Crippen LogP contribution in [0.25, 0.3) is 28.1 Å². The predicted molar refractivity (Wildman–Crippen MR) is 149 cm³/mol. The smallest absolute Gasteiger partial charge is 0.406 e. The number of fused-ring (bicyclic) bond motifs is 2. The Morgan fingerprint density at radius 3 is 2.46 bits per heavy atom. The molecule has 0 amide bonds. The highest BCUT2D eigenvalue weighted by molar-refractivity contribution is 5.84. The lowest BCUT2D eigenvalue weighted by molar-refractivity contribution is -0.274. The van der Waals surface area contributed by atoms with Crippen molar-refractivity contribution in [2.45, 2.75) is 51.4 Å². The standard InChI is InChI=1S/C31H27F4N5O/c1-19-24(8-5-15-36-19)38-26-17-28-30(18-27(26)37-21-6-3-2-4-7-21)40(29-16-20(32)9-14-25(29)39-28)22-10-12-23(13-11-22)41-31(33,34)35/h5,8-18,21,38H,2-4,6-7H2,1H3/b37-27+. The van der Waals surface area contributed by atoms with Crippen LogP contribution in [-0.4, -0.2) is 26.9 Å². The van der Waals surface area contributed by atoms with Gasteiger partial charge in [-0.05, 0) is 80.4 Å². The van der Waals surface area contributed by atoms with Gasteiger partial charge in [0.05, 0.1) is 50.9 Å². The van der Waals surface area contributed by atoms with E-state index in [1.165, 1.54) is 42.8 Å². The van der Waals surface area contributed by atoms with Crippen LogP contribution in [0.5, 0.6) is 5.75 Å². The number of alkyl halides is 3. The van der Waals surface area contributed by atoms with Crippen LogP contribution in [0.4, 0.5) is 28.9 Å². The first-order chi connectivity index (χ1) is 19.7. The van der Waals surface area contributed by atoms with Crippen molar-refractivity contribution in [3.8, 4) is 22.8 Å². The Hall–Kier alpha value is -4.47. The van der Waals surface area contributed by atoms with Crippen LogP contribution in [0.1, 0.15) is 37.8 Å². The quantitative estimate of drug-likeness (QED) is 0.175. The fourth-order valence-corrected chi connectivity index (χ4v) is 5.31. The van der Waals surface area contributed by atoms with Crippen LogP contribution in [0.15, 0.2) is 77.9 Å². The molecule has 6 rings (SSSR count). The summed E-state index contributed by atoms with van der Waals surface area (Å²) in [6.45, 7) is 1.92. The van der Waals surface area contributed by atoms with Crippen molar-refractivity contribution in [1.82, 2.24) is 14.5 Å². The summed E-state index contributed by atoms with van der Waals surface area (Å²) in [5.74, 6) is -0.802. The molecule has 0 bridgehead atoms. The lowest BCUT2D eigenvalue weighted by Crippen LogP contribution is -2.20. The molecule has 210 valence electrons. The molecule has 0 saturated heterocycles. The average Bonchev–Trinajstić information content (AvgIpc) is 2.94. The van der Waals surface area contributed by atoms with E-state index in [0.717, 1.165) is 48.1 Å². The molecule has 3 aliphatic rings. The summed E-state index contributed by atoms with van der Waals surface area (Å²) in [4.78, 5) is 14.3. The maximum absolute atomic E-state index is 14.5. The molecular weight excluding hydrogens is 534 g/mol. The number of aryl methyl sites for hydroxylation is 1. The van der Waals surface area contributed by atoms with Gasteiger partial charge in [-0.1, -0.05) is 19.3 Å². The first kappa shape index (κ1) is 26.7. The Morgan fingerprint density at radius 1 is 0.951 bits per heavy atom. The minimum absolute atomic E-state index is 0.162. The van der Waals surface area contributed by atoms with Gasteiger partial charge in [-0.3, -0.25) is 9.98 Å². The molecule has 2 aliphatic carbocycles. The highest BCUT2D eigenvalue weighted by Gasteiger charge is 2.31. The van der Waals surface area contributed by atoms with Crippen molar-refractivity contribution in [1.29, 1.82) is 0 Å². The molecule has 0 spiro atoms. The molecule has 6 nitrogen and oxygen atoms in total. The van der Waals surface area contributed by atoms with Crippen molar-refractivity contribution >= 4 is 22.4 Å². The second kappa shape index (κ2) is 10.8. The molecular formula is C31H27F4N5O. The van der Waals surface area contributed by atoms with E-state index < -0.39 is 12.2 Å². The average molecular weight is 562 g/mol. The molecule has 1 aromatic heterocycles. The normalized spacial score (nSPS) is 15.0. The van der Waals surface area contributed by atoms with Crippen LogP contribution in [-0.2, 0) is 0 Å². The third-order valence-corrected chi connectivity index (χ3v) is 7.25. The van der Waals surface area contributed by atoms with Crippen LogP contribution in [0.3, 0.4) is 0 Å². The van der Waals surface area contributed by atoms with Crippen molar-refractivity contribution in [2.24, 2.45) is 4.99 Å². The second-order valence-corrected chi connectivity index (χ2v) is 10.2. The van der Waals surface area contributed by atoms with E-state index in [-0.39, 0.29) is 11.8 Å². The number of anilines is 2. The second-order valence-electron chi connectivity index (χ2n) is 10.2. The fourth-order valence-electron chi connectivity index (χ4n) is 5.31. The molecule has 1 aliphatic heterocycles. The number of hydrogen-bond acceptors (Lipinski definition) is 5. The van der Waals surface area contributed by atoms with Gasteiger partial charge in [0.2, 0.25) is 0 Å². The number of halogens is 4. The molecule has 0 radical (unpaired) electrons. The molecule has 0 atom stereocenters. The number of benzene rings is 3. The Kier molecular flexibility index (Phi) is 7.07. The number of aromatic nitrogens is 3. The minimum atomic E-state index is -4.81. The topological polar surface area (TPSA) is 64.3 Å². The minimum Gasteiger partial charge on any atom is -0.406 e. The number of pyridine rings is 1. The number of nitrogens with one attached hydrogen (secondary N) is 1. The van der Waals surface area contributed by atoms with E-state index in [9.17, 15) is 17.6 Å². The van der Waals surface area contributed by atoms with Crippen LogP contribution in [0.2, 0.25) is 0 Å². The Balaban J connectivity index is 1.58. The largest absolute Gasteiger partial charge is 0.573 e. The zero-order chi connectivity index (χ0) is 28.6. The lowest BCUT2D eigenvalue weighted by Gasteiger charge is -2.22. The van der Waals surface area contributed by atoms with E-state index in [1.807, 2.05) is 31.2 Å². The maximum atomic E-state index is 14.5. The summed E-state index contributed by atoms with van der Waals surface area (Å²) >= 11 is 0. The van der Waals surface area contributed by atoms with E-state index in [2.05, 4.69) is 15.0 Å². The van der Waals surface area contributed by atoms with Gasteiger partial charge in [-0.2, -0.15) is 0 Å². The van der Waals surface area contributed by atoms with Gasteiger partial charge >= 0.3 is 6.36 Å². The van der Waals surface area contributed by atoms with Crippen molar-refractivity contribution in [3.05, 3.63) is 89.8 Å². The van der Waals surface area contributed by atoms with Gasteiger partial charge in [0.15, 0.2) is 0 Å². The highest BCUT2D eigenvalue weighted by atomic mass is 19.4. The first-order valence-electron chi connectivity index (χ1n) is 13.5. The summed E-state index contributed by atoms with van der Waals surface area (Å²) < 4.78 is 58.7. The molecule has 10 heteroatoms. The lowest BCUT2D eigenvalue weighted by atomic mass is 9.96. The van der Waals surface area contributed by atoms with Crippen molar-refractivity contribution in [2.75, 3.05) is 5.32 Å². The SMILES string of the molecule is Cc1ncccc1Nc1cc2nc3ccc(F)cc3n(-c3ccc(OC(F)(F)F)cc3)c-2c/c1=N\C1CCCCC1. The van der Waals surface area contributed by atoms with Gasteiger partial charge in [-0.25, -0.2) is 9.37 Å². The summed E-state index contributed by atoms with van der Waals surface area (Å²) in [5, 5.41) is 4.20. The third-order valence-electron chi connectivity index (χ3n) is 7.25. The van der Waals surface area contributed by atoms with Gasteiger partial charge in [0.1, 0.15) is 11.6 Å². The maximum Gasteiger partial charge on any atom is 0.573 e. The molecule has 2 heterocycles. The summed E-state index contributed by atoms with van der Waals surface area (Å²) in [6.07, 6.45) is 2.33. The van der Waals surface area contributed by atoms with E-state index >= 15 is 0 Å². The molecule has 3 aromatic rings. The summed E-state index contributed by atoms with van der Waals surface area (Å²) in [7, 11) is 0. The van der Waals surface area contributed by atoms with Crippen molar-refractivity contribution in [3.63, 3.8) is 0 Å². The van der Waals surface area contributed by atoms with Crippen LogP contribution < -0.4 is 15.4 Å². The number of ether oxygens (including phenoxy) is 1. The number of hydrogen-bond donors (Lipinski definition) is 1. The molecule has 1 saturated carbocycles. The summed E-state index contributed by atoms with van der Waals surface area (Å²) in [5.41, 5.74) is 5.17. The van der Waals surface area contributed by atoms with E-state index in [1.54, 1.807) is 16.8 Å². The Morgan fingerprint density at radius 2 is 1.73 bits per heavy atom. The number of rotatable bonds is 5. The fraction of sp³-hybridized carbons (Fsp3) is 0.258. The first-order valence-corrected chi connectivity index (χ1v) is 13.5. The molecule has 1 fully saturated rings.